The highest BCUT2D eigenvalue weighted by Gasteiger charge is 2.18. The highest BCUT2D eigenvalue weighted by molar-refractivity contribution is 5.26. The summed E-state index contributed by atoms with van der Waals surface area (Å²) >= 11 is 0. The van der Waals surface area contributed by atoms with E-state index >= 15 is 0 Å². The summed E-state index contributed by atoms with van der Waals surface area (Å²) in [6, 6.07) is 5.68. The molecule has 1 heterocycles. The lowest BCUT2D eigenvalue weighted by molar-refractivity contribution is 0.191. The molecule has 1 aliphatic rings. The van der Waals surface area contributed by atoms with Crippen LogP contribution in [0, 0.1) is 12.7 Å². The number of nitrogens with zero attached hydrogens (tertiary/aromatic N) is 1. The molecule has 2 rings (SSSR count). The molecule has 1 aromatic rings. The first-order valence-electron chi connectivity index (χ1n) is 6.33. The van der Waals surface area contributed by atoms with Gasteiger partial charge in [0, 0.05) is 12.6 Å². The lowest BCUT2D eigenvalue weighted by atomic mass is 10.0. The van der Waals surface area contributed by atoms with Crippen LogP contribution in [-0.4, -0.2) is 31.1 Å². The van der Waals surface area contributed by atoms with Crippen LogP contribution in [0.2, 0.25) is 0 Å². The van der Waals surface area contributed by atoms with Gasteiger partial charge in [-0.2, -0.15) is 0 Å². The second kappa shape index (κ2) is 5.61. The van der Waals surface area contributed by atoms with Crippen molar-refractivity contribution in [3.05, 3.63) is 35.1 Å². The predicted octanol–water partition coefficient (Wildman–Crippen LogP) is 2.32. The van der Waals surface area contributed by atoms with E-state index < -0.39 is 0 Å². The maximum absolute atomic E-state index is 13.2. The molecule has 1 saturated heterocycles. The van der Waals surface area contributed by atoms with Crippen LogP contribution in [0.15, 0.2) is 18.2 Å². The third-order valence-corrected chi connectivity index (χ3v) is 3.66. The number of hydrogen-bond donors (Lipinski definition) is 1. The van der Waals surface area contributed by atoms with Crippen LogP contribution in [0.1, 0.15) is 24.0 Å². The van der Waals surface area contributed by atoms with Crippen molar-refractivity contribution in [3.63, 3.8) is 0 Å². The van der Waals surface area contributed by atoms with Gasteiger partial charge in [0.25, 0.3) is 0 Å². The van der Waals surface area contributed by atoms with Crippen molar-refractivity contribution in [3.8, 4) is 0 Å². The van der Waals surface area contributed by atoms with E-state index in [2.05, 4.69) is 17.3 Å². The van der Waals surface area contributed by atoms with E-state index in [-0.39, 0.29) is 5.82 Å². The lowest BCUT2D eigenvalue weighted by Crippen LogP contribution is -2.40. The van der Waals surface area contributed by atoms with E-state index in [9.17, 15) is 4.39 Å². The fraction of sp³-hybridized carbons (Fsp3) is 0.571. The van der Waals surface area contributed by atoms with Gasteiger partial charge in [0.2, 0.25) is 0 Å². The standard InChI is InChI=1S/C14H21FN2/c1-11-3-4-13(15)9-12(11)10-17(2)14-5-7-16-8-6-14/h3-4,9,14,16H,5-8,10H2,1-2H3. The van der Waals surface area contributed by atoms with Crippen molar-refractivity contribution in [2.75, 3.05) is 20.1 Å². The SMILES string of the molecule is Cc1ccc(F)cc1CN(C)C1CCNCC1. The molecule has 94 valence electrons. The molecule has 1 N–H and O–H groups in total. The first-order chi connectivity index (χ1) is 8.16. The van der Waals surface area contributed by atoms with E-state index in [1.54, 1.807) is 6.07 Å². The fourth-order valence-electron chi connectivity index (χ4n) is 2.46. The molecule has 0 spiro atoms. The van der Waals surface area contributed by atoms with E-state index in [1.165, 1.54) is 24.5 Å². The highest BCUT2D eigenvalue weighted by Crippen LogP contribution is 2.17. The van der Waals surface area contributed by atoms with Crippen LogP contribution in [-0.2, 0) is 6.54 Å². The summed E-state index contributed by atoms with van der Waals surface area (Å²) in [5, 5.41) is 3.37. The zero-order chi connectivity index (χ0) is 12.3. The van der Waals surface area contributed by atoms with Gasteiger partial charge in [-0.15, -0.1) is 0 Å². The van der Waals surface area contributed by atoms with Crippen molar-refractivity contribution in [1.82, 2.24) is 10.2 Å². The van der Waals surface area contributed by atoms with Gasteiger partial charge in [-0.1, -0.05) is 6.07 Å². The van der Waals surface area contributed by atoms with Crippen molar-refractivity contribution >= 4 is 0 Å². The number of benzene rings is 1. The maximum atomic E-state index is 13.2. The fourth-order valence-corrected chi connectivity index (χ4v) is 2.46. The highest BCUT2D eigenvalue weighted by atomic mass is 19.1. The van der Waals surface area contributed by atoms with Crippen LogP contribution in [0.3, 0.4) is 0 Å². The number of aryl methyl sites for hydroxylation is 1. The third kappa shape index (κ3) is 3.27. The molecular weight excluding hydrogens is 215 g/mol. The molecule has 1 aliphatic heterocycles. The summed E-state index contributed by atoms with van der Waals surface area (Å²) in [6.07, 6.45) is 2.37. The van der Waals surface area contributed by atoms with Crippen LogP contribution < -0.4 is 5.32 Å². The number of nitrogens with one attached hydrogen (secondary N) is 1. The molecule has 0 amide bonds. The molecule has 0 unspecified atom stereocenters. The summed E-state index contributed by atoms with van der Waals surface area (Å²) in [6.45, 7) is 5.08. The molecule has 0 aromatic heterocycles. The zero-order valence-electron chi connectivity index (χ0n) is 10.7. The van der Waals surface area contributed by atoms with Gasteiger partial charge in [0.15, 0.2) is 0 Å². The molecule has 0 radical (unpaired) electrons. The maximum Gasteiger partial charge on any atom is 0.123 e. The van der Waals surface area contributed by atoms with Gasteiger partial charge in [0.05, 0.1) is 0 Å². The second-order valence-corrected chi connectivity index (χ2v) is 4.97. The van der Waals surface area contributed by atoms with Gasteiger partial charge in [-0.3, -0.25) is 4.90 Å². The Labute approximate surface area is 103 Å². The monoisotopic (exact) mass is 236 g/mol. The quantitative estimate of drug-likeness (QED) is 0.866. The predicted molar refractivity (Wildman–Crippen MR) is 68.5 cm³/mol. The smallest absolute Gasteiger partial charge is 0.123 e. The number of halogens is 1. The van der Waals surface area contributed by atoms with Crippen molar-refractivity contribution in [1.29, 1.82) is 0 Å². The van der Waals surface area contributed by atoms with Crippen LogP contribution >= 0.6 is 0 Å². The van der Waals surface area contributed by atoms with Crippen molar-refractivity contribution in [2.45, 2.75) is 32.4 Å². The summed E-state index contributed by atoms with van der Waals surface area (Å²) in [4.78, 5) is 2.35. The normalized spacial score (nSPS) is 17.6. The van der Waals surface area contributed by atoms with Gasteiger partial charge >= 0.3 is 0 Å². The zero-order valence-corrected chi connectivity index (χ0v) is 10.7. The Bertz CT molecular complexity index is 372. The molecule has 1 fully saturated rings. The molecule has 0 saturated carbocycles. The van der Waals surface area contributed by atoms with Crippen molar-refractivity contribution < 1.29 is 4.39 Å². The Morgan fingerprint density at radius 1 is 1.35 bits per heavy atom. The van der Waals surface area contributed by atoms with Crippen LogP contribution in [0.25, 0.3) is 0 Å². The van der Waals surface area contributed by atoms with Crippen LogP contribution in [0.4, 0.5) is 4.39 Å². The Morgan fingerprint density at radius 3 is 2.76 bits per heavy atom. The van der Waals surface area contributed by atoms with Crippen molar-refractivity contribution in [2.24, 2.45) is 0 Å². The molecule has 1 aromatic carbocycles. The van der Waals surface area contributed by atoms with Gasteiger partial charge in [-0.25, -0.2) is 4.39 Å². The largest absolute Gasteiger partial charge is 0.317 e. The van der Waals surface area contributed by atoms with E-state index in [4.69, 9.17) is 0 Å². The first-order valence-corrected chi connectivity index (χ1v) is 6.33. The van der Waals surface area contributed by atoms with Gasteiger partial charge in [0.1, 0.15) is 5.82 Å². The van der Waals surface area contributed by atoms with Gasteiger partial charge < -0.3 is 5.32 Å². The van der Waals surface area contributed by atoms with E-state index in [0.29, 0.717) is 6.04 Å². The van der Waals surface area contributed by atoms with E-state index in [0.717, 1.165) is 25.2 Å². The molecule has 0 bridgehead atoms. The molecule has 2 nitrogen and oxygen atoms in total. The Morgan fingerprint density at radius 2 is 2.06 bits per heavy atom. The number of rotatable bonds is 3. The minimum Gasteiger partial charge on any atom is -0.317 e. The Balaban J connectivity index is 2.01. The minimum absolute atomic E-state index is 0.135. The van der Waals surface area contributed by atoms with Gasteiger partial charge in [-0.05, 0) is 63.2 Å². The average molecular weight is 236 g/mol. The summed E-state index contributed by atoms with van der Waals surface area (Å²) in [5.41, 5.74) is 2.28. The summed E-state index contributed by atoms with van der Waals surface area (Å²) in [7, 11) is 2.14. The molecule has 0 aliphatic carbocycles. The van der Waals surface area contributed by atoms with Crippen LogP contribution in [0.5, 0.6) is 0 Å². The molecule has 17 heavy (non-hydrogen) atoms. The lowest BCUT2D eigenvalue weighted by Gasteiger charge is -2.32. The van der Waals surface area contributed by atoms with E-state index in [1.807, 2.05) is 13.0 Å². The Kier molecular flexibility index (Phi) is 4.13. The Hall–Kier alpha value is -0.930. The first kappa shape index (κ1) is 12.5. The third-order valence-electron chi connectivity index (χ3n) is 3.66. The molecular formula is C14H21FN2. The second-order valence-electron chi connectivity index (χ2n) is 4.97. The minimum atomic E-state index is -0.135. The summed E-state index contributed by atoms with van der Waals surface area (Å²) < 4.78 is 13.2. The number of hydrogen-bond acceptors (Lipinski definition) is 2. The molecule has 3 heteroatoms. The average Bonchev–Trinajstić information content (AvgIpc) is 2.35. The number of piperidine rings is 1. The topological polar surface area (TPSA) is 15.3 Å². The summed E-state index contributed by atoms with van der Waals surface area (Å²) in [5.74, 6) is -0.135. The molecule has 0 atom stereocenters.